The molecule has 0 spiro atoms. The van der Waals surface area contributed by atoms with Crippen molar-refractivity contribution in [3.63, 3.8) is 0 Å². The molecule has 3 aromatic carbocycles. The van der Waals surface area contributed by atoms with E-state index in [1.165, 1.54) is 12.3 Å². The Kier molecular flexibility index (Phi) is 4.06. The molecule has 0 saturated carbocycles. The summed E-state index contributed by atoms with van der Waals surface area (Å²) in [6.07, 6.45) is 3.28. The van der Waals surface area contributed by atoms with Gasteiger partial charge in [0, 0.05) is 5.56 Å². The maximum atomic E-state index is 14.6. The van der Waals surface area contributed by atoms with Crippen molar-refractivity contribution in [3.05, 3.63) is 78.3 Å². The molecular weight excluding hydrogens is 301 g/mol. The van der Waals surface area contributed by atoms with Gasteiger partial charge in [-0.1, -0.05) is 36.4 Å². The molecule has 3 rings (SSSR count). The molecule has 0 atom stereocenters. The van der Waals surface area contributed by atoms with Gasteiger partial charge in [0.25, 0.3) is 0 Å². The maximum absolute atomic E-state index is 14.6. The monoisotopic (exact) mass is 314 g/mol. The zero-order valence-corrected chi connectivity index (χ0v) is 12.3. The van der Waals surface area contributed by atoms with Crippen LogP contribution in [-0.2, 0) is 0 Å². The average Bonchev–Trinajstić information content (AvgIpc) is 2.57. The molecule has 0 bridgehead atoms. The molecule has 0 amide bonds. The summed E-state index contributed by atoms with van der Waals surface area (Å²) in [5.74, 6) is -2.41. The van der Waals surface area contributed by atoms with Crippen LogP contribution in [0, 0.1) is 17.5 Å². The van der Waals surface area contributed by atoms with Gasteiger partial charge in [0.15, 0.2) is 11.6 Å². The quantitative estimate of drug-likeness (QED) is 0.552. The summed E-state index contributed by atoms with van der Waals surface area (Å²) in [5, 5.41) is -0.0186. The Hall–Kier alpha value is -2.75. The lowest BCUT2D eigenvalue weighted by Crippen LogP contribution is -1.93. The SMILES string of the molecule is C/C=C/Oc1ccc(-c2ccc3ccc(F)c(F)c3c2F)cc1. The summed E-state index contributed by atoms with van der Waals surface area (Å²) in [6, 6.07) is 12.2. The number of benzene rings is 3. The van der Waals surface area contributed by atoms with Crippen LogP contribution in [0.3, 0.4) is 0 Å². The molecule has 0 N–H and O–H groups in total. The molecule has 23 heavy (non-hydrogen) atoms. The summed E-state index contributed by atoms with van der Waals surface area (Å²) >= 11 is 0. The molecule has 0 heterocycles. The van der Waals surface area contributed by atoms with Crippen LogP contribution in [0.2, 0.25) is 0 Å². The van der Waals surface area contributed by atoms with Crippen molar-refractivity contribution >= 4 is 10.8 Å². The first-order valence-electron chi connectivity index (χ1n) is 7.06. The van der Waals surface area contributed by atoms with Crippen LogP contribution in [0.4, 0.5) is 13.2 Å². The lowest BCUT2D eigenvalue weighted by Gasteiger charge is -2.09. The topological polar surface area (TPSA) is 9.23 Å². The minimum Gasteiger partial charge on any atom is -0.465 e. The molecule has 116 valence electrons. The Morgan fingerprint density at radius 1 is 0.826 bits per heavy atom. The molecule has 0 aliphatic carbocycles. The number of fused-ring (bicyclic) bond motifs is 1. The first-order chi connectivity index (χ1) is 11.1. The third-order valence-electron chi connectivity index (χ3n) is 3.52. The molecule has 0 aliphatic rings. The standard InChI is InChI=1S/C19H13F3O/c1-2-11-23-14-7-3-12(4-8-14)15-9-5-13-6-10-16(20)19(22)17(13)18(15)21/h2-11H,1H3/b11-2+. The average molecular weight is 314 g/mol. The number of hydrogen-bond acceptors (Lipinski definition) is 1. The van der Waals surface area contributed by atoms with E-state index in [4.69, 9.17) is 4.74 Å². The van der Waals surface area contributed by atoms with Gasteiger partial charge in [-0.3, -0.25) is 0 Å². The highest BCUT2D eigenvalue weighted by molar-refractivity contribution is 5.88. The minimum atomic E-state index is -1.17. The van der Waals surface area contributed by atoms with E-state index in [1.807, 2.05) is 6.92 Å². The number of rotatable bonds is 3. The Labute approximate surface area is 131 Å². The van der Waals surface area contributed by atoms with E-state index in [0.29, 0.717) is 16.7 Å². The summed E-state index contributed by atoms with van der Waals surface area (Å²) < 4.78 is 47.2. The molecule has 1 nitrogen and oxygen atoms in total. The number of ether oxygens (including phenoxy) is 1. The van der Waals surface area contributed by atoms with E-state index in [-0.39, 0.29) is 10.9 Å². The summed E-state index contributed by atoms with van der Waals surface area (Å²) in [5.41, 5.74) is 0.764. The van der Waals surface area contributed by atoms with E-state index < -0.39 is 17.5 Å². The van der Waals surface area contributed by atoms with Crippen LogP contribution in [-0.4, -0.2) is 0 Å². The number of halogens is 3. The van der Waals surface area contributed by atoms with E-state index in [9.17, 15) is 13.2 Å². The molecule has 3 aromatic rings. The van der Waals surface area contributed by atoms with Gasteiger partial charge in [-0.2, -0.15) is 0 Å². The van der Waals surface area contributed by atoms with E-state index >= 15 is 0 Å². The van der Waals surface area contributed by atoms with Crippen molar-refractivity contribution in [3.8, 4) is 16.9 Å². The van der Waals surface area contributed by atoms with Gasteiger partial charge in [-0.05, 0) is 36.1 Å². The molecule has 0 aromatic heterocycles. The van der Waals surface area contributed by atoms with Gasteiger partial charge in [-0.25, -0.2) is 13.2 Å². The molecular formula is C19H13F3O. The largest absolute Gasteiger partial charge is 0.465 e. The Balaban J connectivity index is 2.09. The van der Waals surface area contributed by atoms with E-state index in [1.54, 1.807) is 42.5 Å². The third-order valence-corrected chi connectivity index (χ3v) is 3.52. The highest BCUT2D eigenvalue weighted by atomic mass is 19.2. The first-order valence-corrected chi connectivity index (χ1v) is 7.06. The molecule has 0 unspecified atom stereocenters. The molecule has 0 radical (unpaired) electrons. The molecule has 0 aliphatic heterocycles. The maximum Gasteiger partial charge on any atom is 0.169 e. The predicted octanol–water partition coefficient (Wildman–Crippen LogP) is 5.84. The summed E-state index contributed by atoms with van der Waals surface area (Å²) in [7, 11) is 0. The van der Waals surface area contributed by atoms with Crippen molar-refractivity contribution in [2.45, 2.75) is 6.92 Å². The van der Waals surface area contributed by atoms with Crippen molar-refractivity contribution in [2.75, 3.05) is 0 Å². The highest BCUT2D eigenvalue weighted by Gasteiger charge is 2.15. The Morgan fingerprint density at radius 3 is 2.22 bits per heavy atom. The molecule has 0 fully saturated rings. The smallest absolute Gasteiger partial charge is 0.169 e. The van der Waals surface area contributed by atoms with Gasteiger partial charge in [0.2, 0.25) is 0 Å². The fourth-order valence-corrected chi connectivity index (χ4v) is 2.39. The summed E-state index contributed by atoms with van der Waals surface area (Å²) in [4.78, 5) is 0. The van der Waals surface area contributed by atoms with Gasteiger partial charge in [0.05, 0.1) is 11.6 Å². The number of hydrogen-bond donors (Lipinski definition) is 0. The fourth-order valence-electron chi connectivity index (χ4n) is 2.39. The zero-order valence-electron chi connectivity index (χ0n) is 12.3. The van der Waals surface area contributed by atoms with Crippen LogP contribution >= 0.6 is 0 Å². The van der Waals surface area contributed by atoms with Crippen molar-refractivity contribution in [1.29, 1.82) is 0 Å². The second-order valence-corrected chi connectivity index (χ2v) is 5.00. The van der Waals surface area contributed by atoms with Gasteiger partial charge < -0.3 is 4.74 Å². The van der Waals surface area contributed by atoms with Crippen LogP contribution in [0.15, 0.2) is 60.9 Å². The van der Waals surface area contributed by atoms with Gasteiger partial charge >= 0.3 is 0 Å². The Morgan fingerprint density at radius 2 is 1.52 bits per heavy atom. The predicted molar refractivity (Wildman–Crippen MR) is 84.7 cm³/mol. The van der Waals surface area contributed by atoms with Crippen LogP contribution in [0.1, 0.15) is 6.92 Å². The number of allylic oxidation sites excluding steroid dienone is 1. The van der Waals surface area contributed by atoms with Crippen LogP contribution < -0.4 is 4.74 Å². The summed E-state index contributed by atoms with van der Waals surface area (Å²) in [6.45, 7) is 1.83. The molecule has 4 heteroatoms. The van der Waals surface area contributed by atoms with E-state index in [2.05, 4.69) is 0 Å². The van der Waals surface area contributed by atoms with Crippen molar-refractivity contribution in [1.82, 2.24) is 0 Å². The second-order valence-electron chi connectivity index (χ2n) is 5.00. The highest BCUT2D eigenvalue weighted by Crippen LogP contribution is 2.32. The van der Waals surface area contributed by atoms with E-state index in [0.717, 1.165) is 6.07 Å². The second kappa shape index (κ2) is 6.16. The minimum absolute atomic E-state index is 0.208. The molecule has 0 saturated heterocycles. The van der Waals surface area contributed by atoms with Crippen LogP contribution in [0.25, 0.3) is 21.9 Å². The zero-order chi connectivity index (χ0) is 16.4. The van der Waals surface area contributed by atoms with Crippen LogP contribution in [0.5, 0.6) is 5.75 Å². The lowest BCUT2D eigenvalue weighted by molar-refractivity contribution is 0.480. The normalized spacial score (nSPS) is 11.3. The first kappa shape index (κ1) is 15.2. The lowest BCUT2D eigenvalue weighted by atomic mass is 10.00. The van der Waals surface area contributed by atoms with Gasteiger partial charge in [0.1, 0.15) is 11.6 Å². The van der Waals surface area contributed by atoms with Crippen molar-refractivity contribution in [2.24, 2.45) is 0 Å². The van der Waals surface area contributed by atoms with Gasteiger partial charge in [-0.15, -0.1) is 0 Å². The Bertz CT molecular complexity index is 883. The fraction of sp³-hybridized carbons (Fsp3) is 0.0526. The van der Waals surface area contributed by atoms with Crippen molar-refractivity contribution < 1.29 is 17.9 Å². The third kappa shape index (κ3) is 2.80.